The van der Waals surface area contributed by atoms with Crippen LogP contribution in [0.3, 0.4) is 0 Å². The van der Waals surface area contributed by atoms with Gasteiger partial charge < -0.3 is 4.74 Å². The molecule has 2 aliphatic carbocycles. The quantitative estimate of drug-likeness (QED) is 0.433. The average molecular weight is 373 g/mol. The van der Waals surface area contributed by atoms with E-state index in [0.717, 1.165) is 31.4 Å². The lowest BCUT2D eigenvalue weighted by Crippen LogP contribution is -2.35. The fourth-order valence-electron chi connectivity index (χ4n) is 4.83. The van der Waals surface area contributed by atoms with Crippen LogP contribution < -0.4 is 0 Å². The van der Waals surface area contributed by atoms with E-state index in [-0.39, 0.29) is 42.2 Å². The number of rotatable bonds is 6. The van der Waals surface area contributed by atoms with Gasteiger partial charge in [-0.15, -0.1) is 0 Å². The van der Waals surface area contributed by atoms with Crippen LogP contribution in [0.1, 0.15) is 36.0 Å². The van der Waals surface area contributed by atoms with Crippen LogP contribution in [0.2, 0.25) is 0 Å². The van der Waals surface area contributed by atoms with Gasteiger partial charge in [0.25, 0.3) is 0 Å². The van der Waals surface area contributed by atoms with Crippen molar-refractivity contribution in [3.8, 4) is 0 Å². The second kappa shape index (κ2) is 6.87. The molecule has 27 heavy (non-hydrogen) atoms. The minimum Gasteiger partial charge on any atom is -0.457 e. The second-order valence-corrected chi connectivity index (χ2v) is 7.55. The van der Waals surface area contributed by atoms with Crippen molar-refractivity contribution in [2.45, 2.75) is 25.7 Å². The van der Waals surface area contributed by atoms with E-state index in [1.54, 1.807) is 0 Å². The zero-order chi connectivity index (χ0) is 19.1. The summed E-state index contributed by atoms with van der Waals surface area (Å²) in [5, 5.41) is 0. The first-order valence-corrected chi connectivity index (χ1v) is 9.25. The van der Waals surface area contributed by atoms with Crippen molar-refractivity contribution in [3.05, 3.63) is 35.6 Å². The Balaban J connectivity index is 1.27. The third kappa shape index (κ3) is 3.15. The third-order valence-electron chi connectivity index (χ3n) is 6.09. The summed E-state index contributed by atoms with van der Waals surface area (Å²) >= 11 is 0. The van der Waals surface area contributed by atoms with E-state index in [1.165, 1.54) is 17.0 Å². The van der Waals surface area contributed by atoms with Gasteiger partial charge in [0.05, 0.1) is 18.3 Å². The molecule has 1 saturated heterocycles. The number of amides is 2. The van der Waals surface area contributed by atoms with Crippen LogP contribution >= 0.6 is 0 Å². The molecule has 1 heterocycles. The maximum absolute atomic E-state index is 12.9. The summed E-state index contributed by atoms with van der Waals surface area (Å²) in [6.45, 7) is -0.463. The number of carbonyl (C=O) groups excluding carboxylic acids is 4. The predicted molar refractivity (Wildman–Crippen MR) is 90.8 cm³/mol. The van der Waals surface area contributed by atoms with E-state index >= 15 is 0 Å². The Morgan fingerprint density at radius 2 is 1.63 bits per heavy atom. The van der Waals surface area contributed by atoms with Gasteiger partial charge in [-0.3, -0.25) is 24.1 Å². The lowest BCUT2D eigenvalue weighted by molar-refractivity contribution is -0.145. The number of hydrogen-bond acceptors (Lipinski definition) is 5. The highest BCUT2D eigenvalue weighted by molar-refractivity contribution is 6.06. The first-order valence-electron chi connectivity index (χ1n) is 9.25. The molecule has 6 nitrogen and oxygen atoms in total. The van der Waals surface area contributed by atoms with Gasteiger partial charge in [-0.2, -0.15) is 0 Å². The van der Waals surface area contributed by atoms with E-state index < -0.39 is 24.2 Å². The molecule has 2 bridgehead atoms. The van der Waals surface area contributed by atoms with Crippen LogP contribution in [0.15, 0.2) is 24.3 Å². The van der Waals surface area contributed by atoms with Gasteiger partial charge in [0.1, 0.15) is 5.82 Å². The Bertz CT molecular complexity index is 777. The number of benzene rings is 1. The molecule has 4 atom stereocenters. The van der Waals surface area contributed by atoms with Crippen molar-refractivity contribution in [1.82, 2.24) is 4.90 Å². The van der Waals surface area contributed by atoms with Crippen LogP contribution in [-0.2, 0) is 19.1 Å². The molecule has 142 valence electrons. The number of Topliss-reactive ketones (excluding diaryl/α,β-unsaturated/α-hetero) is 1. The van der Waals surface area contributed by atoms with Crippen molar-refractivity contribution in [2.75, 3.05) is 13.2 Å². The molecule has 2 saturated carbocycles. The van der Waals surface area contributed by atoms with Crippen LogP contribution in [0, 0.1) is 29.5 Å². The van der Waals surface area contributed by atoms with E-state index in [2.05, 4.69) is 0 Å². The summed E-state index contributed by atoms with van der Waals surface area (Å²) in [4.78, 5) is 50.1. The predicted octanol–water partition coefficient (Wildman–Crippen LogP) is 1.97. The van der Waals surface area contributed by atoms with E-state index in [4.69, 9.17) is 4.74 Å². The summed E-state index contributed by atoms with van der Waals surface area (Å²) in [5.41, 5.74) is 0.248. The fourth-order valence-corrected chi connectivity index (χ4v) is 4.83. The molecule has 0 aromatic heterocycles. The third-order valence-corrected chi connectivity index (χ3v) is 6.09. The molecule has 0 radical (unpaired) electrons. The van der Waals surface area contributed by atoms with Crippen molar-refractivity contribution in [1.29, 1.82) is 0 Å². The zero-order valence-corrected chi connectivity index (χ0v) is 14.7. The van der Waals surface area contributed by atoms with Gasteiger partial charge in [-0.1, -0.05) is 0 Å². The molecule has 1 aromatic rings. The molecule has 0 spiro atoms. The number of likely N-dealkylation sites (tertiary alicyclic amines) is 1. The summed E-state index contributed by atoms with van der Waals surface area (Å²) in [6, 6.07) is 4.95. The number of ether oxygens (including phenoxy) is 1. The van der Waals surface area contributed by atoms with Gasteiger partial charge in [-0.25, -0.2) is 4.39 Å². The normalized spacial score (nSPS) is 28.6. The topological polar surface area (TPSA) is 80.8 Å². The first-order chi connectivity index (χ1) is 13.0. The molecule has 2 amide bonds. The molecule has 4 rings (SSSR count). The first kappa shape index (κ1) is 17.8. The lowest BCUT2D eigenvalue weighted by atomic mass is 9.81. The number of nitrogens with zero attached hydrogens (tertiary/aromatic N) is 1. The van der Waals surface area contributed by atoms with Gasteiger partial charge >= 0.3 is 5.97 Å². The van der Waals surface area contributed by atoms with Crippen molar-refractivity contribution in [3.63, 3.8) is 0 Å². The molecule has 3 fully saturated rings. The Morgan fingerprint density at radius 1 is 1.04 bits per heavy atom. The Morgan fingerprint density at radius 3 is 2.22 bits per heavy atom. The molecule has 7 heteroatoms. The van der Waals surface area contributed by atoms with Crippen molar-refractivity contribution < 1.29 is 28.3 Å². The second-order valence-electron chi connectivity index (χ2n) is 7.55. The smallest absolute Gasteiger partial charge is 0.308 e. The maximum atomic E-state index is 12.9. The van der Waals surface area contributed by atoms with E-state index in [9.17, 15) is 23.6 Å². The molecule has 3 aliphatic rings. The summed E-state index contributed by atoms with van der Waals surface area (Å²) in [7, 11) is 0. The highest BCUT2D eigenvalue weighted by atomic mass is 19.1. The number of hydrogen-bond donors (Lipinski definition) is 0. The minimum atomic E-state index is -0.647. The highest BCUT2D eigenvalue weighted by Crippen LogP contribution is 2.56. The number of fused-ring (bicyclic) bond motifs is 5. The van der Waals surface area contributed by atoms with Crippen LogP contribution in [-0.4, -0.2) is 41.6 Å². The van der Waals surface area contributed by atoms with Crippen LogP contribution in [0.4, 0.5) is 4.39 Å². The summed E-state index contributed by atoms with van der Waals surface area (Å²) < 4.78 is 17.8. The number of carbonyl (C=O) groups is 4. The van der Waals surface area contributed by atoms with Gasteiger partial charge in [0, 0.05) is 12.1 Å². The number of esters is 1. The Labute approximate surface area is 155 Å². The molecule has 0 N–H and O–H groups in total. The molecule has 4 unspecified atom stereocenters. The zero-order valence-electron chi connectivity index (χ0n) is 14.7. The molecular formula is C20H20FNO5. The SMILES string of the molecule is O=C(CCN1C(=O)C2C3CCC(C3)C2C1=O)OCC(=O)c1ccc(F)cc1. The van der Waals surface area contributed by atoms with Crippen molar-refractivity contribution in [2.24, 2.45) is 23.7 Å². The lowest BCUT2D eigenvalue weighted by Gasteiger charge is -2.19. The number of ketones is 1. The van der Waals surface area contributed by atoms with E-state index in [1.807, 2.05) is 0 Å². The monoisotopic (exact) mass is 373 g/mol. The maximum Gasteiger partial charge on any atom is 0.308 e. The standard InChI is InChI=1S/C20H20FNO5/c21-14-5-3-11(4-6-14)15(23)10-27-16(24)7-8-22-19(25)17-12-1-2-13(9-12)18(17)20(22)26/h3-6,12-13,17-18H,1-2,7-10H2. The van der Waals surface area contributed by atoms with Gasteiger partial charge in [0.15, 0.2) is 12.4 Å². The minimum absolute atomic E-state index is 0.00627. The Hall–Kier alpha value is -2.57. The fraction of sp³-hybridized carbons (Fsp3) is 0.500. The molecule has 1 aliphatic heterocycles. The summed E-state index contributed by atoms with van der Waals surface area (Å²) in [6.07, 6.45) is 2.84. The molecular weight excluding hydrogens is 353 g/mol. The Kier molecular flexibility index (Phi) is 4.53. The van der Waals surface area contributed by atoms with E-state index in [0.29, 0.717) is 11.8 Å². The van der Waals surface area contributed by atoms with Crippen LogP contribution in [0.5, 0.6) is 0 Å². The van der Waals surface area contributed by atoms with Crippen LogP contribution in [0.25, 0.3) is 0 Å². The van der Waals surface area contributed by atoms with Crippen molar-refractivity contribution >= 4 is 23.6 Å². The largest absolute Gasteiger partial charge is 0.457 e. The molecule has 1 aromatic carbocycles. The highest BCUT2D eigenvalue weighted by Gasteiger charge is 2.60. The van der Waals surface area contributed by atoms with Gasteiger partial charge in [0.2, 0.25) is 11.8 Å². The number of halogens is 1. The van der Waals surface area contributed by atoms with Gasteiger partial charge in [-0.05, 0) is 55.4 Å². The number of imide groups is 1. The summed E-state index contributed by atoms with van der Waals surface area (Å²) in [5.74, 6) is -1.65. The average Bonchev–Trinajstić information content (AvgIpc) is 3.33.